The summed E-state index contributed by atoms with van der Waals surface area (Å²) in [6, 6.07) is -0.628. The normalized spacial score (nSPS) is 12.2. The van der Waals surface area contributed by atoms with Crippen molar-refractivity contribution in [3.8, 4) is 0 Å². The van der Waals surface area contributed by atoms with Crippen molar-refractivity contribution in [1.82, 2.24) is 24.9 Å². The molecule has 0 bridgehead atoms. The monoisotopic (exact) mass is 368 g/mol. The Hall–Kier alpha value is -2.42. The third kappa shape index (κ3) is 3.98. The van der Waals surface area contributed by atoms with Gasteiger partial charge in [0.05, 0.1) is 21.3 Å². The molecule has 0 saturated heterocycles. The van der Waals surface area contributed by atoms with Crippen molar-refractivity contribution >= 4 is 23.2 Å². The van der Waals surface area contributed by atoms with E-state index in [1.165, 1.54) is 4.68 Å². The minimum absolute atomic E-state index is 0.0962. The van der Waals surface area contributed by atoms with E-state index in [1.54, 1.807) is 13.8 Å². The predicted molar refractivity (Wildman–Crippen MR) is 92.7 cm³/mol. The molecule has 0 aliphatic rings. The van der Waals surface area contributed by atoms with Crippen molar-refractivity contribution < 1.29 is 9.72 Å². The Morgan fingerprint density at radius 3 is 2.60 bits per heavy atom. The van der Waals surface area contributed by atoms with E-state index < -0.39 is 11.0 Å². The molecule has 2 heterocycles. The van der Waals surface area contributed by atoms with Crippen molar-refractivity contribution in [1.29, 1.82) is 0 Å². The molecule has 0 saturated carbocycles. The van der Waals surface area contributed by atoms with Gasteiger partial charge in [-0.05, 0) is 34.1 Å². The first-order valence-electron chi connectivity index (χ1n) is 7.89. The second-order valence-corrected chi connectivity index (χ2v) is 6.22. The van der Waals surface area contributed by atoms with Gasteiger partial charge in [0, 0.05) is 13.1 Å². The first-order chi connectivity index (χ1) is 11.7. The zero-order chi connectivity index (χ0) is 18.7. The van der Waals surface area contributed by atoms with Gasteiger partial charge in [0.1, 0.15) is 17.9 Å². The van der Waals surface area contributed by atoms with Crippen LogP contribution in [0.4, 0.5) is 5.69 Å². The average molecular weight is 369 g/mol. The molecule has 2 aromatic rings. The molecule has 1 atom stereocenters. The van der Waals surface area contributed by atoms with Crippen LogP contribution in [0.3, 0.4) is 0 Å². The molecular formula is C15H21ClN6O3. The van der Waals surface area contributed by atoms with Gasteiger partial charge in [-0.25, -0.2) is 0 Å². The highest BCUT2D eigenvalue weighted by atomic mass is 35.5. The summed E-state index contributed by atoms with van der Waals surface area (Å²) in [4.78, 5) is 22.6. The third-order valence-electron chi connectivity index (χ3n) is 4.10. The Balaban J connectivity index is 1.87. The zero-order valence-electron chi connectivity index (χ0n) is 14.6. The molecule has 2 aromatic heterocycles. The molecule has 136 valence electrons. The van der Waals surface area contributed by atoms with Crippen molar-refractivity contribution in [2.45, 2.75) is 46.7 Å². The summed E-state index contributed by atoms with van der Waals surface area (Å²) in [5.74, 6) is -0.243. The van der Waals surface area contributed by atoms with E-state index in [1.807, 2.05) is 18.5 Å². The minimum Gasteiger partial charge on any atom is -0.354 e. The average Bonchev–Trinajstić information content (AvgIpc) is 3.06. The maximum Gasteiger partial charge on any atom is 0.309 e. The second-order valence-electron chi connectivity index (χ2n) is 5.85. The quantitative estimate of drug-likeness (QED) is 0.458. The standard InChI is InChI=1S/C15H21ClN6O3/c1-9-14(16)11(3)20(19-9)7-5-6-17-15(23)12(4)21-10(2)13(8-18-21)22(24)25/h8,12H,5-7H2,1-4H3,(H,17,23). The lowest BCUT2D eigenvalue weighted by atomic mass is 10.3. The predicted octanol–water partition coefficient (Wildman–Crippen LogP) is 2.33. The first-order valence-corrected chi connectivity index (χ1v) is 8.27. The Kier molecular flexibility index (Phi) is 5.78. The van der Waals surface area contributed by atoms with E-state index in [2.05, 4.69) is 15.5 Å². The molecule has 1 N–H and O–H groups in total. The summed E-state index contributed by atoms with van der Waals surface area (Å²) >= 11 is 6.10. The number of nitro groups is 1. The number of rotatable bonds is 7. The lowest BCUT2D eigenvalue weighted by molar-refractivity contribution is -0.385. The first kappa shape index (κ1) is 18.9. The van der Waals surface area contributed by atoms with Gasteiger partial charge >= 0.3 is 5.69 Å². The smallest absolute Gasteiger partial charge is 0.309 e. The van der Waals surface area contributed by atoms with Gasteiger partial charge in [0.2, 0.25) is 5.91 Å². The lowest BCUT2D eigenvalue weighted by Gasteiger charge is -2.14. The molecule has 0 radical (unpaired) electrons. The molecule has 10 heteroatoms. The van der Waals surface area contributed by atoms with Crippen molar-refractivity contribution in [3.63, 3.8) is 0 Å². The van der Waals surface area contributed by atoms with Crippen LogP contribution in [0.2, 0.25) is 5.02 Å². The number of carbonyl (C=O) groups excluding carboxylic acids is 1. The Bertz CT molecular complexity index is 798. The molecule has 1 unspecified atom stereocenters. The minimum atomic E-state index is -0.628. The number of aryl methyl sites for hydroxylation is 2. The summed E-state index contributed by atoms with van der Waals surface area (Å²) in [6.07, 6.45) is 1.85. The number of nitrogens with one attached hydrogen (secondary N) is 1. The summed E-state index contributed by atoms with van der Waals surface area (Å²) in [6.45, 7) is 8.07. The molecule has 9 nitrogen and oxygen atoms in total. The molecule has 0 aromatic carbocycles. The molecule has 1 amide bonds. The molecular weight excluding hydrogens is 348 g/mol. The van der Waals surface area contributed by atoms with Gasteiger partial charge in [0.15, 0.2) is 0 Å². The highest BCUT2D eigenvalue weighted by molar-refractivity contribution is 6.31. The Morgan fingerprint density at radius 1 is 1.40 bits per heavy atom. The van der Waals surface area contributed by atoms with Crippen molar-refractivity contribution in [3.05, 3.63) is 38.4 Å². The van der Waals surface area contributed by atoms with Crippen LogP contribution in [-0.4, -0.2) is 36.9 Å². The van der Waals surface area contributed by atoms with Gasteiger partial charge < -0.3 is 5.32 Å². The molecule has 0 aliphatic carbocycles. The van der Waals surface area contributed by atoms with Gasteiger partial charge in [0.25, 0.3) is 0 Å². The SMILES string of the molecule is Cc1nn(CCCNC(=O)C(C)n2ncc([N+](=O)[O-])c2C)c(C)c1Cl. The van der Waals surface area contributed by atoms with E-state index in [9.17, 15) is 14.9 Å². The lowest BCUT2D eigenvalue weighted by Crippen LogP contribution is -2.33. The van der Waals surface area contributed by atoms with E-state index >= 15 is 0 Å². The molecule has 0 aliphatic heterocycles. The van der Waals surface area contributed by atoms with Crippen LogP contribution < -0.4 is 5.32 Å². The Labute approximate surface area is 150 Å². The van der Waals surface area contributed by atoms with E-state index in [4.69, 9.17) is 11.6 Å². The van der Waals surface area contributed by atoms with Gasteiger partial charge in [-0.15, -0.1) is 0 Å². The van der Waals surface area contributed by atoms with Crippen LogP contribution in [0.15, 0.2) is 6.20 Å². The van der Waals surface area contributed by atoms with Crippen LogP contribution >= 0.6 is 11.6 Å². The zero-order valence-corrected chi connectivity index (χ0v) is 15.4. The summed E-state index contributed by atoms with van der Waals surface area (Å²) in [5.41, 5.74) is 1.94. The summed E-state index contributed by atoms with van der Waals surface area (Å²) < 4.78 is 3.17. The number of hydrogen-bond donors (Lipinski definition) is 1. The fourth-order valence-electron chi connectivity index (χ4n) is 2.58. The highest BCUT2D eigenvalue weighted by Crippen LogP contribution is 2.20. The maximum atomic E-state index is 12.2. The Morgan fingerprint density at radius 2 is 2.08 bits per heavy atom. The van der Waals surface area contributed by atoms with E-state index in [-0.39, 0.29) is 11.6 Å². The third-order valence-corrected chi connectivity index (χ3v) is 4.65. The molecule has 2 rings (SSSR count). The van der Waals surface area contributed by atoms with Gasteiger partial charge in [-0.2, -0.15) is 10.2 Å². The summed E-state index contributed by atoms with van der Waals surface area (Å²) in [5, 5.41) is 22.6. The van der Waals surface area contributed by atoms with Crippen molar-refractivity contribution in [2.24, 2.45) is 0 Å². The van der Waals surface area contributed by atoms with E-state index in [0.29, 0.717) is 30.2 Å². The van der Waals surface area contributed by atoms with Crippen molar-refractivity contribution in [2.75, 3.05) is 6.54 Å². The second kappa shape index (κ2) is 7.64. The van der Waals surface area contributed by atoms with Crippen LogP contribution in [0, 0.1) is 30.9 Å². The summed E-state index contributed by atoms with van der Waals surface area (Å²) in [7, 11) is 0. The van der Waals surface area contributed by atoms with Crippen LogP contribution in [0.25, 0.3) is 0 Å². The fourth-order valence-corrected chi connectivity index (χ4v) is 2.71. The van der Waals surface area contributed by atoms with E-state index in [0.717, 1.165) is 17.6 Å². The van der Waals surface area contributed by atoms with Crippen LogP contribution in [0.1, 0.15) is 36.5 Å². The highest BCUT2D eigenvalue weighted by Gasteiger charge is 2.23. The number of nitrogens with zero attached hydrogens (tertiary/aromatic N) is 5. The molecule has 25 heavy (non-hydrogen) atoms. The topological polar surface area (TPSA) is 108 Å². The van der Waals surface area contributed by atoms with Gasteiger partial charge in [-0.3, -0.25) is 24.3 Å². The number of amides is 1. The largest absolute Gasteiger partial charge is 0.354 e. The fraction of sp³-hybridized carbons (Fsp3) is 0.533. The number of hydrogen-bond acceptors (Lipinski definition) is 5. The van der Waals surface area contributed by atoms with Crippen LogP contribution in [0.5, 0.6) is 0 Å². The number of carbonyl (C=O) groups is 1. The molecule has 0 spiro atoms. The number of halogens is 1. The number of aromatic nitrogens is 4. The molecule has 0 fully saturated rings. The van der Waals surface area contributed by atoms with Crippen LogP contribution in [-0.2, 0) is 11.3 Å². The maximum absolute atomic E-state index is 12.2. The van der Waals surface area contributed by atoms with Gasteiger partial charge in [-0.1, -0.05) is 11.6 Å².